The van der Waals surface area contributed by atoms with Crippen LogP contribution in [0.15, 0.2) is 6.20 Å². The fourth-order valence-electron chi connectivity index (χ4n) is 2.62. The molecule has 20 heavy (non-hydrogen) atoms. The average molecular weight is 301 g/mol. The number of amides is 1. The summed E-state index contributed by atoms with van der Waals surface area (Å²) in [5.41, 5.74) is 2.19. The summed E-state index contributed by atoms with van der Waals surface area (Å²) < 4.78 is 1.81. The van der Waals surface area contributed by atoms with Crippen LogP contribution >= 0.6 is 12.4 Å². The molecule has 0 radical (unpaired) electrons. The molecular formula is C14H25ClN4O. The molecule has 2 rings (SSSR count). The highest BCUT2D eigenvalue weighted by Crippen LogP contribution is 2.11. The van der Waals surface area contributed by atoms with Crippen LogP contribution in [0, 0.1) is 0 Å². The van der Waals surface area contributed by atoms with Crippen LogP contribution in [0.1, 0.15) is 43.9 Å². The number of nitrogens with one attached hydrogen (secondary N) is 2. The number of carbonyl (C=O) groups is 1. The van der Waals surface area contributed by atoms with Gasteiger partial charge < -0.3 is 10.6 Å². The Hall–Kier alpha value is -1.07. The van der Waals surface area contributed by atoms with Crippen molar-refractivity contribution >= 4 is 18.3 Å². The molecule has 0 aromatic carbocycles. The second-order valence-electron chi connectivity index (χ2n) is 5.24. The maximum Gasteiger partial charge on any atom is 0.220 e. The van der Waals surface area contributed by atoms with E-state index in [1.165, 1.54) is 12.8 Å². The van der Waals surface area contributed by atoms with E-state index in [0.717, 1.165) is 30.6 Å². The predicted molar refractivity (Wildman–Crippen MR) is 81.9 cm³/mol. The number of hydrogen-bond acceptors (Lipinski definition) is 3. The van der Waals surface area contributed by atoms with Crippen molar-refractivity contribution in [2.45, 2.75) is 51.6 Å². The Kier molecular flexibility index (Phi) is 7.02. The molecule has 1 fully saturated rings. The quantitative estimate of drug-likeness (QED) is 0.838. The molecule has 1 unspecified atom stereocenters. The third kappa shape index (κ3) is 4.80. The smallest absolute Gasteiger partial charge is 0.220 e. The van der Waals surface area contributed by atoms with Crippen molar-refractivity contribution in [1.82, 2.24) is 20.4 Å². The van der Waals surface area contributed by atoms with Crippen molar-refractivity contribution in [3.8, 4) is 0 Å². The van der Waals surface area contributed by atoms with E-state index in [1.807, 2.05) is 17.9 Å². The molecule has 0 aliphatic carbocycles. The lowest BCUT2D eigenvalue weighted by molar-refractivity contribution is -0.121. The molecule has 1 atom stereocenters. The van der Waals surface area contributed by atoms with Crippen LogP contribution in [0.5, 0.6) is 0 Å². The third-order valence-corrected chi connectivity index (χ3v) is 3.68. The molecule has 0 bridgehead atoms. The SMILES string of the molecule is CCc1nn(C)cc1CNC(=O)CCC1CCCN1.Cl. The van der Waals surface area contributed by atoms with Gasteiger partial charge in [0.15, 0.2) is 0 Å². The summed E-state index contributed by atoms with van der Waals surface area (Å²) in [6.07, 6.45) is 6.88. The summed E-state index contributed by atoms with van der Waals surface area (Å²) in [6, 6.07) is 0.537. The molecule has 0 saturated carbocycles. The zero-order valence-electron chi connectivity index (χ0n) is 12.3. The lowest BCUT2D eigenvalue weighted by atomic mass is 10.1. The minimum Gasteiger partial charge on any atom is -0.352 e. The largest absolute Gasteiger partial charge is 0.352 e. The summed E-state index contributed by atoms with van der Waals surface area (Å²) in [7, 11) is 1.91. The summed E-state index contributed by atoms with van der Waals surface area (Å²) in [4.78, 5) is 11.8. The van der Waals surface area contributed by atoms with Crippen LogP contribution < -0.4 is 10.6 Å². The molecular weight excluding hydrogens is 276 g/mol. The first-order valence-corrected chi connectivity index (χ1v) is 7.20. The van der Waals surface area contributed by atoms with E-state index < -0.39 is 0 Å². The van der Waals surface area contributed by atoms with Crippen molar-refractivity contribution in [1.29, 1.82) is 0 Å². The highest BCUT2D eigenvalue weighted by Gasteiger charge is 2.15. The minimum absolute atomic E-state index is 0. The lowest BCUT2D eigenvalue weighted by Gasteiger charge is -2.09. The van der Waals surface area contributed by atoms with E-state index in [2.05, 4.69) is 22.7 Å². The molecule has 0 spiro atoms. The zero-order chi connectivity index (χ0) is 13.7. The molecule has 2 heterocycles. The Bertz CT molecular complexity index is 427. The van der Waals surface area contributed by atoms with E-state index >= 15 is 0 Å². The number of aromatic nitrogens is 2. The number of rotatable bonds is 6. The van der Waals surface area contributed by atoms with Gasteiger partial charge in [-0.15, -0.1) is 12.4 Å². The third-order valence-electron chi connectivity index (χ3n) is 3.68. The number of aryl methyl sites for hydroxylation is 2. The molecule has 2 N–H and O–H groups in total. The van der Waals surface area contributed by atoms with Crippen molar-refractivity contribution < 1.29 is 4.79 Å². The fourth-order valence-corrected chi connectivity index (χ4v) is 2.62. The Labute approximate surface area is 126 Å². The molecule has 5 nitrogen and oxygen atoms in total. The summed E-state index contributed by atoms with van der Waals surface area (Å²) in [6.45, 7) is 3.77. The molecule has 1 amide bonds. The second-order valence-corrected chi connectivity index (χ2v) is 5.24. The van der Waals surface area contributed by atoms with Gasteiger partial charge in [0.2, 0.25) is 5.91 Å². The van der Waals surface area contributed by atoms with Crippen molar-refractivity contribution in [3.05, 3.63) is 17.5 Å². The normalized spacial score (nSPS) is 17.8. The molecule has 1 aromatic rings. The topological polar surface area (TPSA) is 59.0 Å². The Morgan fingerprint density at radius 2 is 2.40 bits per heavy atom. The van der Waals surface area contributed by atoms with Gasteiger partial charge in [-0.3, -0.25) is 9.48 Å². The standard InChI is InChI=1S/C14H24N4O.ClH/c1-3-13-11(10-18(2)17-13)9-16-14(19)7-6-12-5-4-8-15-12;/h10,12,15H,3-9H2,1-2H3,(H,16,19);1H. The predicted octanol–water partition coefficient (Wildman–Crippen LogP) is 1.55. The first kappa shape index (κ1) is 17.0. The van der Waals surface area contributed by atoms with E-state index in [0.29, 0.717) is 19.0 Å². The van der Waals surface area contributed by atoms with Gasteiger partial charge in [-0.1, -0.05) is 6.92 Å². The monoisotopic (exact) mass is 300 g/mol. The summed E-state index contributed by atoms with van der Waals surface area (Å²) in [5, 5.41) is 10.8. The van der Waals surface area contributed by atoms with E-state index in [9.17, 15) is 4.79 Å². The van der Waals surface area contributed by atoms with Gasteiger partial charge in [0.1, 0.15) is 0 Å². The van der Waals surface area contributed by atoms with Crippen LogP contribution in [-0.2, 0) is 24.8 Å². The van der Waals surface area contributed by atoms with Crippen molar-refractivity contribution in [2.75, 3.05) is 6.54 Å². The lowest BCUT2D eigenvalue weighted by Crippen LogP contribution is -2.27. The highest BCUT2D eigenvalue weighted by molar-refractivity contribution is 5.85. The van der Waals surface area contributed by atoms with Crippen LogP contribution in [-0.4, -0.2) is 28.3 Å². The maximum absolute atomic E-state index is 11.8. The van der Waals surface area contributed by atoms with E-state index in [-0.39, 0.29) is 18.3 Å². The average Bonchev–Trinajstić information content (AvgIpc) is 3.02. The van der Waals surface area contributed by atoms with Gasteiger partial charge >= 0.3 is 0 Å². The number of hydrogen-bond donors (Lipinski definition) is 2. The van der Waals surface area contributed by atoms with Gasteiger partial charge in [-0.05, 0) is 32.2 Å². The minimum atomic E-state index is 0. The Morgan fingerprint density at radius 1 is 1.60 bits per heavy atom. The zero-order valence-corrected chi connectivity index (χ0v) is 13.1. The highest BCUT2D eigenvalue weighted by atomic mass is 35.5. The summed E-state index contributed by atoms with van der Waals surface area (Å²) >= 11 is 0. The van der Waals surface area contributed by atoms with Crippen molar-refractivity contribution in [3.63, 3.8) is 0 Å². The Balaban J connectivity index is 0.00000200. The Morgan fingerprint density at radius 3 is 3.05 bits per heavy atom. The first-order chi connectivity index (χ1) is 9.19. The van der Waals surface area contributed by atoms with Gasteiger partial charge in [0, 0.05) is 37.8 Å². The van der Waals surface area contributed by atoms with Crippen LogP contribution in [0.2, 0.25) is 0 Å². The van der Waals surface area contributed by atoms with E-state index in [1.54, 1.807) is 0 Å². The molecule has 1 aliphatic rings. The van der Waals surface area contributed by atoms with Gasteiger partial charge in [0.05, 0.1) is 5.69 Å². The van der Waals surface area contributed by atoms with Crippen LogP contribution in [0.25, 0.3) is 0 Å². The molecule has 6 heteroatoms. The number of halogens is 1. The summed E-state index contributed by atoms with van der Waals surface area (Å²) in [5.74, 6) is 0.139. The molecule has 1 saturated heterocycles. The second kappa shape index (κ2) is 8.27. The number of carbonyl (C=O) groups excluding carboxylic acids is 1. The van der Waals surface area contributed by atoms with Gasteiger partial charge in [-0.25, -0.2) is 0 Å². The van der Waals surface area contributed by atoms with Crippen LogP contribution in [0.3, 0.4) is 0 Å². The first-order valence-electron chi connectivity index (χ1n) is 7.20. The van der Waals surface area contributed by atoms with Gasteiger partial charge in [-0.2, -0.15) is 5.10 Å². The van der Waals surface area contributed by atoms with Gasteiger partial charge in [0.25, 0.3) is 0 Å². The molecule has 1 aromatic heterocycles. The molecule has 114 valence electrons. The fraction of sp³-hybridized carbons (Fsp3) is 0.714. The van der Waals surface area contributed by atoms with E-state index in [4.69, 9.17) is 0 Å². The number of nitrogens with zero attached hydrogens (tertiary/aromatic N) is 2. The maximum atomic E-state index is 11.8. The molecule has 1 aliphatic heterocycles. The van der Waals surface area contributed by atoms with Crippen LogP contribution in [0.4, 0.5) is 0 Å². The van der Waals surface area contributed by atoms with Crippen molar-refractivity contribution in [2.24, 2.45) is 7.05 Å².